The van der Waals surface area contributed by atoms with E-state index in [-0.39, 0.29) is 10.1 Å². The van der Waals surface area contributed by atoms with Gasteiger partial charge in [-0.1, -0.05) is 29.3 Å². The fourth-order valence-corrected chi connectivity index (χ4v) is 2.98. The lowest BCUT2D eigenvalue weighted by Crippen LogP contribution is -2.19. The highest BCUT2D eigenvalue weighted by Gasteiger charge is 2.25. The van der Waals surface area contributed by atoms with E-state index >= 15 is 0 Å². The Morgan fingerprint density at radius 2 is 2.23 bits per heavy atom. The van der Waals surface area contributed by atoms with Crippen LogP contribution in [0, 0.1) is 0 Å². The van der Waals surface area contributed by atoms with Crippen LogP contribution in [-0.4, -0.2) is 37.0 Å². The molecule has 0 aliphatic carbocycles. The third kappa shape index (κ3) is 5.99. The third-order valence-electron chi connectivity index (χ3n) is 3.17. The first-order chi connectivity index (χ1) is 12.5. The van der Waals surface area contributed by atoms with Gasteiger partial charge in [-0.05, 0) is 36.4 Å². The monoisotopic (exact) mass is 439 g/mol. The Balaban J connectivity index is 2.09. The van der Waals surface area contributed by atoms with Gasteiger partial charge in [-0.25, -0.2) is 4.79 Å². The Morgan fingerprint density at radius 3 is 2.96 bits per heavy atom. The molecule has 9 heteroatoms. The SMILES string of the molecule is CCCCOc1ccc(Br)cc1C=N/N=C1/NC(=O)/C(=C\C(=O)OC)S1. The largest absolute Gasteiger partial charge is 0.493 e. The number of nitrogens with zero attached hydrogens (tertiary/aromatic N) is 2. The van der Waals surface area contributed by atoms with Crippen molar-refractivity contribution in [3.8, 4) is 5.75 Å². The molecule has 0 spiro atoms. The first-order valence-corrected chi connectivity index (χ1v) is 9.46. The molecule has 1 N–H and O–H groups in total. The minimum atomic E-state index is -0.601. The molecule has 1 aliphatic heterocycles. The number of carbonyl (C=O) groups excluding carboxylic acids is 2. The van der Waals surface area contributed by atoms with Crippen molar-refractivity contribution in [3.63, 3.8) is 0 Å². The number of methoxy groups -OCH3 is 1. The number of esters is 1. The van der Waals surface area contributed by atoms with Crippen molar-refractivity contribution in [1.29, 1.82) is 0 Å². The van der Waals surface area contributed by atoms with Crippen molar-refractivity contribution in [2.24, 2.45) is 10.2 Å². The van der Waals surface area contributed by atoms with Gasteiger partial charge >= 0.3 is 5.97 Å². The Kier molecular flexibility index (Phi) is 7.86. The van der Waals surface area contributed by atoms with Crippen molar-refractivity contribution in [2.45, 2.75) is 19.8 Å². The van der Waals surface area contributed by atoms with E-state index in [1.165, 1.54) is 7.11 Å². The van der Waals surface area contributed by atoms with Gasteiger partial charge in [0.05, 0.1) is 24.8 Å². The molecule has 26 heavy (non-hydrogen) atoms. The highest BCUT2D eigenvalue weighted by molar-refractivity contribution is 9.10. The summed E-state index contributed by atoms with van der Waals surface area (Å²) < 4.78 is 11.1. The number of rotatable bonds is 7. The Hall–Kier alpha value is -2.13. The molecule has 7 nitrogen and oxygen atoms in total. The minimum Gasteiger partial charge on any atom is -0.493 e. The van der Waals surface area contributed by atoms with Crippen LogP contribution in [0.5, 0.6) is 5.75 Å². The van der Waals surface area contributed by atoms with Crippen molar-refractivity contribution >= 4 is 51.0 Å². The van der Waals surface area contributed by atoms with E-state index in [0.717, 1.165) is 40.7 Å². The maximum absolute atomic E-state index is 11.7. The molecule has 1 fully saturated rings. The molecule has 1 saturated heterocycles. The maximum atomic E-state index is 11.7. The molecule has 0 saturated carbocycles. The van der Waals surface area contributed by atoms with Crippen LogP contribution in [0.2, 0.25) is 0 Å². The van der Waals surface area contributed by atoms with Crippen LogP contribution in [0.4, 0.5) is 0 Å². The van der Waals surface area contributed by atoms with Gasteiger partial charge in [-0.2, -0.15) is 5.10 Å². The summed E-state index contributed by atoms with van der Waals surface area (Å²) in [6.45, 7) is 2.72. The van der Waals surface area contributed by atoms with E-state index in [0.29, 0.717) is 12.4 Å². The highest BCUT2D eigenvalue weighted by Crippen LogP contribution is 2.24. The van der Waals surface area contributed by atoms with E-state index in [9.17, 15) is 9.59 Å². The van der Waals surface area contributed by atoms with Gasteiger partial charge in [0.2, 0.25) is 0 Å². The standard InChI is InChI=1S/C17H18BrN3O4S/c1-3-4-7-25-13-6-5-12(18)8-11(13)10-19-21-17-20-16(23)14(26-17)9-15(22)24-2/h5-6,8-10H,3-4,7H2,1-2H3,(H,20,21,23)/b14-9+,19-10?. The molecule has 1 aliphatic rings. The zero-order valence-electron chi connectivity index (χ0n) is 14.3. The third-order valence-corrected chi connectivity index (χ3v) is 4.57. The van der Waals surface area contributed by atoms with Crippen LogP contribution in [0.3, 0.4) is 0 Å². The lowest BCUT2D eigenvalue weighted by atomic mass is 10.2. The normalized spacial score (nSPS) is 17.1. The van der Waals surface area contributed by atoms with Crippen molar-refractivity contribution < 1.29 is 19.1 Å². The molecule has 1 aromatic rings. The van der Waals surface area contributed by atoms with Gasteiger partial charge in [-0.3, -0.25) is 10.1 Å². The summed E-state index contributed by atoms with van der Waals surface area (Å²) in [6, 6.07) is 5.62. The summed E-state index contributed by atoms with van der Waals surface area (Å²) in [4.78, 5) is 23.2. The summed E-state index contributed by atoms with van der Waals surface area (Å²) in [6.07, 6.45) is 4.67. The first-order valence-electron chi connectivity index (χ1n) is 7.85. The van der Waals surface area contributed by atoms with Crippen LogP contribution < -0.4 is 10.1 Å². The predicted molar refractivity (Wildman–Crippen MR) is 105 cm³/mol. The number of carbonyl (C=O) groups is 2. The van der Waals surface area contributed by atoms with Crippen LogP contribution in [-0.2, 0) is 14.3 Å². The molecule has 2 rings (SSSR count). The number of hydrogen-bond acceptors (Lipinski definition) is 7. The zero-order valence-corrected chi connectivity index (χ0v) is 16.7. The molecule has 1 amide bonds. The number of amidine groups is 1. The summed E-state index contributed by atoms with van der Waals surface area (Å²) >= 11 is 4.43. The summed E-state index contributed by atoms with van der Waals surface area (Å²) in [7, 11) is 1.24. The number of thioether (sulfide) groups is 1. The van der Waals surface area contributed by atoms with E-state index in [4.69, 9.17) is 4.74 Å². The smallest absolute Gasteiger partial charge is 0.331 e. The second-order valence-electron chi connectivity index (χ2n) is 5.12. The van der Waals surface area contributed by atoms with Gasteiger partial charge in [-0.15, -0.1) is 5.10 Å². The van der Waals surface area contributed by atoms with Crippen LogP contribution >= 0.6 is 27.7 Å². The average Bonchev–Trinajstić information content (AvgIpc) is 2.96. The van der Waals surface area contributed by atoms with E-state index in [1.54, 1.807) is 6.21 Å². The molecule has 0 aromatic heterocycles. The van der Waals surface area contributed by atoms with Crippen LogP contribution in [0.1, 0.15) is 25.3 Å². The summed E-state index contributed by atoms with van der Waals surface area (Å²) in [5, 5.41) is 10.8. The molecular formula is C17H18BrN3O4S. The molecule has 1 heterocycles. The first kappa shape index (κ1) is 20.2. The molecule has 138 valence electrons. The number of ether oxygens (including phenoxy) is 2. The minimum absolute atomic E-state index is 0.205. The molecule has 1 aromatic carbocycles. The van der Waals surface area contributed by atoms with E-state index < -0.39 is 11.9 Å². The summed E-state index contributed by atoms with van der Waals surface area (Å²) in [5.74, 6) is -0.309. The molecule has 0 radical (unpaired) electrons. The van der Waals surface area contributed by atoms with Gasteiger partial charge in [0.15, 0.2) is 5.17 Å². The number of halogens is 1. The lowest BCUT2D eigenvalue weighted by molar-refractivity contribution is -0.135. The predicted octanol–water partition coefficient (Wildman–Crippen LogP) is 3.24. The Morgan fingerprint density at radius 1 is 1.42 bits per heavy atom. The van der Waals surface area contributed by atoms with Gasteiger partial charge < -0.3 is 9.47 Å². The number of benzene rings is 1. The summed E-state index contributed by atoms with van der Waals surface area (Å²) in [5.41, 5.74) is 0.763. The molecule has 0 unspecified atom stereocenters. The number of amides is 1. The topological polar surface area (TPSA) is 89.4 Å². The zero-order chi connectivity index (χ0) is 18.9. The fourth-order valence-electron chi connectivity index (χ4n) is 1.86. The van der Waals surface area contributed by atoms with Gasteiger partial charge in [0.25, 0.3) is 5.91 Å². The van der Waals surface area contributed by atoms with E-state index in [2.05, 4.69) is 43.1 Å². The number of nitrogens with one attached hydrogen (secondary N) is 1. The lowest BCUT2D eigenvalue weighted by Gasteiger charge is -2.08. The molecule has 0 atom stereocenters. The van der Waals surface area contributed by atoms with Crippen LogP contribution in [0.15, 0.2) is 43.9 Å². The van der Waals surface area contributed by atoms with Crippen molar-refractivity contribution in [2.75, 3.05) is 13.7 Å². The van der Waals surface area contributed by atoms with E-state index in [1.807, 2.05) is 18.2 Å². The van der Waals surface area contributed by atoms with Crippen molar-refractivity contribution in [1.82, 2.24) is 5.32 Å². The average molecular weight is 440 g/mol. The van der Waals surface area contributed by atoms with Crippen molar-refractivity contribution in [3.05, 3.63) is 39.2 Å². The quantitative estimate of drug-likeness (QED) is 0.231. The number of unbranched alkanes of at least 4 members (excludes halogenated alkanes) is 1. The van der Waals surface area contributed by atoms with Gasteiger partial charge in [0.1, 0.15) is 5.75 Å². The Bertz CT molecular complexity index is 777. The van der Waals surface area contributed by atoms with Crippen LogP contribution in [0.25, 0.3) is 0 Å². The number of hydrogen-bond donors (Lipinski definition) is 1. The second-order valence-corrected chi connectivity index (χ2v) is 7.07. The second kappa shape index (κ2) is 10.1. The highest BCUT2D eigenvalue weighted by atomic mass is 79.9. The Labute approximate surface area is 164 Å². The fraction of sp³-hybridized carbons (Fsp3) is 0.294. The van der Waals surface area contributed by atoms with Gasteiger partial charge in [0, 0.05) is 16.1 Å². The maximum Gasteiger partial charge on any atom is 0.331 e. The molecule has 0 bridgehead atoms. The molecular weight excluding hydrogens is 422 g/mol.